The molecule has 0 spiro atoms. The first-order valence-corrected chi connectivity index (χ1v) is 37.3. The van der Waals surface area contributed by atoms with Crippen LogP contribution in [0.4, 0.5) is 0 Å². The Morgan fingerprint density at radius 1 is 0.300 bits per heavy atom. The number of esters is 1. The smallest absolute Gasteiger partial charge is 0.305 e. The number of carbonyl (C=O) groups is 2. The highest BCUT2D eigenvalue weighted by atomic mass is 16.5. The molecule has 478 valence electrons. The van der Waals surface area contributed by atoms with Crippen molar-refractivity contribution in [2.24, 2.45) is 0 Å². The Kier molecular flexibility index (Phi) is 69.3. The molecule has 80 heavy (non-hydrogen) atoms. The first-order chi connectivity index (χ1) is 39.5. The monoisotopic (exact) mass is 1130 g/mol. The van der Waals surface area contributed by atoms with Crippen LogP contribution in [-0.4, -0.2) is 47.4 Å². The highest BCUT2D eigenvalue weighted by molar-refractivity contribution is 5.76. The summed E-state index contributed by atoms with van der Waals surface area (Å²) in [5, 5.41) is 23.4. The molecule has 0 aliphatic carbocycles. The van der Waals surface area contributed by atoms with E-state index in [9.17, 15) is 19.8 Å². The average Bonchev–Trinajstić information content (AvgIpc) is 3.46. The maximum absolute atomic E-state index is 12.6. The van der Waals surface area contributed by atoms with Gasteiger partial charge in [-0.1, -0.05) is 399 Å². The van der Waals surface area contributed by atoms with Gasteiger partial charge in [0.15, 0.2) is 0 Å². The van der Waals surface area contributed by atoms with E-state index in [1.54, 1.807) is 0 Å². The molecule has 2 atom stereocenters. The van der Waals surface area contributed by atoms with Crippen molar-refractivity contribution in [1.29, 1.82) is 0 Å². The summed E-state index contributed by atoms with van der Waals surface area (Å²) in [6.07, 6.45) is 85.9. The van der Waals surface area contributed by atoms with E-state index in [-0.39, 0.29) is 18.5 Å². The zero-order valence-corrected chi connectivity index (χ0v) is 54.9. The Bertz CT molecular complexity index is 1160. The third kappa shape index (κ3) is 66.0. The van der Waals surface area contributed by atoms with E-state index >= 15 is 0 Å². The Balaban J connectivity index is 3.34. The maximum atomic E-state index is 12.6. The fourth-order valence-corrected chi connectivity index (χ4v) is 12.2. The van der Waals surface area contributed by atoms with Gasteiger partial charge >= 0.3 is 5.97 Å². The molecule has 3 N–H and O–H groups in total. The summed E-state index contributed by atoms with van der Waals surface area (Å²) >= 11 is 0. The molecular weight excluding hydrogens is 983 g/mol. The molecule has 0 radical (unpaired) electrons. The van der Waals surface area contributed by atoms with E-state index in [4.69, 9.17) is 4.74 Å². The normalized spacial score (nSPS) is 12.4. The average molecular weight is 1130 g/mol. The van der Waals surface area contributed by atoms with Crippen molar-refractivity contribution < 1.29 is 24.5 Å². The quantitative estimate of drug-likeness (QED) is 0.0417. The molecule has 0 aliphatic heterocycles. The Morgan fingerprint density at radius 3 is 0.762 bits per heavy atom. The molecule has 6 nitrogen and oxygen atoms in total. The van der Waals surface area contributed by atoms with Crippen LogP contribution in [0.2, 0.25) is 0 Å². The summed E-state index contributed by atoms with van der Waals surface area (Å²) < 4.78 is 5.51. The van der Waals surface area contributed by atoms with Gasteiger partial charge in [-0.2, -0.15) is 0 Å². The highest BCUT2D eigenvalue weighted by Gasteiger charge is 2.20. The molecule has 0 aromatic rings. The highest BCUT2D eigenvalue weighted by Crippen LogP contribution is 2.20. The largest absolute Gasteiger partial charge is 0.466 e. The lowest BCUT2D eigenvalue weighted by Gasteiger charge is -2.22. The van der Waals surface area contributed by atoms with Crippen LogP contribution in [0.15, 0.2) is 0 Å². The number of amides is 1. The van der Waals surface area contributed by atoms with Gasteiger partial charge in [-0.25, -0.2) is 0 Å². The molecule has 0 bridgehead atoms. The lowest BCUT2D eigenvalue weighted by Crippen LogP contribution is -2.45. The van der Waals surface area contributed by atoms with Gasteiger partial charge in [-0.05, 0) is 25.7 Å². The van der Waals surface area contributed by atoms with Crippen LogP contribution >= 0.6 is 0 Å². The second-order valence-corrected chi connectivity index (χ2v) is 26.0. The van der Waals surface area contributed by atoms with Gasteiger partial charge in [0.25, 0.3) is 0 Å². The van der Waals surface area contributed by atoms with Gasteiger partial charge in [-0.15, -0.1) is 0 Å². The fourth-order valence-electron chi connectivity index (χ4n) is 12.2. The lowest BCUT2D eigenvalue weighted by molar-refractivity contribution is -0.143. The van der Waals surface area contributed by atoms with Gasteiger partial charge in [0.2, 0.25) is 5.91 Å². The van der Waals surface area contributed by atoms with Crippen LogP contribution in [0, 0.1) is 0 Å². The fraction of sp³-hybridized carbons (Fsp3) is 0.973. The molecule has 1 amide bonds. The predicted octanol–water partition coefficient (Wildman–Crippen LogP) is 24.2. The molecular formula is C74H147NO5. The minimum absolute atomic E-state index is 0.0223. The zero-order chi connectivity index (χ0) is 57.8. The molecule has 0 heterocycles. The van der Waals surface area contributed by atoms with Gasteiger partial charge in [0.1, 0.15) is 0 Å². The zero-order valence-electron chi connectivity index (χ0n) is 54.9. The van der Waals surface area contributed by atoms with Crippen LogP contribution in [0.1, 0.15) is 438 Å². The number of aliphatic hydroxyl groups excluding tert-OH is 2. The lowest BCUT2D eigenvalue weighted by atomic mass is 10.0. The number of hydrogen-bond acceptors (Lipinski definition) is 5. The van der Waals surface area contributed by atoms with Crippen molar-refractivity contribution in [1.82, 2.24) is 5.32 Å². The molecule has 0 aromatic carbocycles. The molecule has 0 saturated carbocycles. The first-order valence-electron chi connectivity index (χ1n) is 37.3. The molecule has 0 rings (SSSR count). The van der Waals surface area contributed by atoms with E-state index in [2.05, 4.69) is 19.2 Å². The van der Waals surface area contributed by atoms with Crippen LogP contribution < -0.4 is 5.32 Å². The van der Waals surface area contributed by atoms with E-state index < -0.39 is 12.1 Å². The number of aliphatic hydroxyl groups is 2. The Morgan fingerprint density at radius 2 is 0.512 bits per heavy atom. The Labute approximate surface area is 502 Å². The molecule has 2 unspecified atom stereocenters. The number of nitrogens with one attached hydrogen (secondary N) is 1. The number of rotatable bonds is 71. The molecule has 0 fully saturated rings. The van der Waals surface area contributed by atoms with Crippen LogP contribution in [0.5, 0.6) is 0 Å². The van der Waals surface area contributed by atoms with Crippen LogP contribution in [0.3, 0.4) is 0 Å². The van der Waals surface area contributed by atoms with Crippen molar-refractivity contribution in [3.8, 4) is 0 Å². The van der Waals surface area contributed by atoms with Crippen molar-refractivity contribution in [3.63, 3.8) is 0 Å². The van der Waals surface area contributed by atoms with Gasteiger partial charge < -0.3 is 20.3 Å². The second kappa shape index (κ2) is 70.3. The summed E-state index contributed by atoms with van der Waals surface area (Å²) in [7, 11) is 0. The van der Waals surface area contributed by atoms with Crippen molar-refractivity contribution >= 4 is 11.9 Å². The predicted molar refractivity (Wildman–Crippen MR) is 352 cm³/mol. The number of unbranched alkanes of at least 4 members (excludes halogenated alkanes) is 60. The van der Waals surface area contributed by atoms with E-state index in [0.29, 0.717) is 25.9 Å². The summed E-state index contributed by atoms with van der Waals surface area (Å²) in [5.74, 6) is -0.00459. The van der Waals surface area contributed by atoms with Gasteiger partial charge in [0, 0.05) is 12.8 Å². The second-order valence-electron chi connectivity index (χ2n) is 26.0. The van der Waals surface area contributed by atoms with Crippen molar-refractivity contribution in [2.45, 2.75) is 450 Å². The standard InChI is InChI=1S/C74H147NO5/c1-3-5-7-9-11-13-15-17-19-21-22-29-32-35-38-42-46-50-54-58-62-66-72(77)71(70-76)75-73(78)67-63-59-55-51-47-43-39-36-33-30-27-25-23-24-26-28-31-34-37-41-45-49-53-57-61-65-69-80-74(79)68-64-60-56-52-48-44-40-20-18-16-14-12-10-8-6-4-2/h71-72,76-77H,3-70H2,1-2H3,(H,75,78). The summed E-state index contributed by atoms with van der Waals surface area (Å²) in [5.41, 5.74) is 0. The summed E-state index contributed by atoms with van der Waals surface area (Å²) in [6, 6.07) is -0.540. The third-order valence-corrected chi connectivity index (χ3v) is 17.9. The van der Waals surface area contributed by atoms with Gasteiger partial charge in [-0.3, -0.25) is 9.59 Å². The number of carbonyl (C=O) groups excluding carboxylic acids is 2. The summed E-state index contributed by atoms with van der Waals surface area (Å²) in [4.78, 5) is 24.7. The molecule has 0 aliphatic rings. The SMILES string of the molecule is CCCCCCCCCCCCCCCCCCCCCCCC(O)C(CO)NC(=O)CCCCCCCCCCCCCCCCCCCCCCCCCCCCOC(=O)CCCCCCCCCCCCCCCCCC. The maximum Gasteiger partial charge on any atom is 0.305 e. The molecule has 6 heteroatoms. The van der Waals surface area contributed by atoms with E-state index in [0.717, 1.165) is 38.5 Å². The molecule has 0 saturated heterocycles. The van der Waals surface area contributed by atoms with Gasteiger partial charge in [0.05, 0.1) is 25.4 Å². The topological polar surface area (TPSA) is 95.9 Å². The van der Waals surface area contributed by atoms with Crippen LogP contribution in [0.25, 0.3) is 0 Å². The van der Waals surface area contributed by atoms with Crippen molar-refractivity contribution in [2.75, 3.05) is 13.2 Å². The minimum Gasteiger partial charge on any atom is -0.466 e. The molecule has 0 aromatic heterocycles. The first kappa shape index (κ1) is 78.9. The number of ether oxygens (including phenoxy) is 1. The van der Waals surface area contributed by atoms with E-state index in [1.807, 2.05) is 0 Å². The van der Waals surface area contributed by atoms with Crippen molar-refractivity contribution in [3.05, 3.63) is 0 Å². The van der Waals surface area contributed by atoms with E-state index in [1.165, 1.54) is 366 Å². The Hall–Kier alpha value is -1.14. The minimum atomic E-state index is -0.663. The van der Waals surface area contributed by atoms with Crippen LogP contribution in [-0.2, 0) is 14.3 Å². The summed E-state index contributed by atoms with van der Waals surface area (Å²) in [6.45, 7) is 5.01. The number of hydrogen-bond donors (Lipinski definition) is 3. The third-order valence-electron chi connectivity index (χ3n) is 17.9.